The van der Waals surface area contributed by atoms with Crippen molar-refractivity contribution in [1.29, 1.82) is 0 Å². The number of esters is 1. The quantitative estimate of drug-likeness (QED) is 0.819. The number of carbonyl (C=O) groups excluding carboxylic acids is 1. The third-order valence-electron chi connectivity index (χ3n) is 3.17. The van der Waals surface area contributed by atoms with E-state index >= 15 is 0 Å². The zero-order valence-corrected chi connectivity index (χ0v) is 12.1. The van der Waals surface area contributed by atoms with Crippen LogP contribution in [0.1, 0.15) is 23.7 Å². The molecule has 20 heavy (non-hydrogen) atoms. The van der Waals surface area contributed by atoms with Gasteiger partial charge in [-0.25, -0.2) is 18.2 Å². The summed E-state index contributed by atoms with van der Waals surface area (Å²) >= 11 is 0. The summed E-state index contributed by atoms with van der Waals surface area (Å²) in [6.45, 7) is 2.65. The van der Waals surface area contributed by atoms with E-state index in [1.54, 1.807) is 19.1 Å². The number of sulfone groups is 1. The fourth-order valence-electron chi connectivity index (χ4n) is 2.12. The van der Waals surface area contributed by atoms with Gasteiger partial charge in [-0.05, 0) is 31.4 Å². The minimum Gasteiger partial charge on any atom is -0.462 e. The third-order valence-corrected chi connectivity index (χ3v) is 5.01. The van der Waals surface area contributed by atoms with Gasteiger partial charge in [0.2, 0.25) is 0 Å². The van der Waals surface area contributed by atoms with Crippen LogP contribution in [0.2, 0.25) is 0 Å². The monoisotopic (exact) mass is 298 g/mol. The molecular formula is C13H18N2O4S. The summed E-state index contributed by atoms with van der Waals surface area (Å²) in [6.07, 6.45) is 2.14. The highest BCUT2D eigenvalue weighted by Crippen LogP contribution is 2.18. The Kier molecular flexibility index (Phi) is 4.59. The van der Waals surface area contributed by atoms with Gasteiger partial charge >= 0.3 is 5.97 Å². The van der Waals surface area contributed by atoms with Crippen molar-refractivity contribution < 1.29 is 17.9 Å². The van der Waals surface area contributed by atoms with Crippen LogP contribution in [0.3, 0.4) is 0 Å². The van der Waals surface area contributed by atoms with Crippen molar-refractivity contribution in [1.82, 2.24) is 4.98 Å². The van der Waals surface area contributed by atoms with Gasteiger partial charge in [-0.2, -0.15) is 0 Å². The number of hydrogen-bond donors (Lipinski definition) is 1. The smallest absolute Gasteiger partial charge is 0.339 e. The summed E-state index contributed by atoms with van der Waals surface area (Å²) in [5.41, 5.74) is 0.404. The predicted molar refractivity (Wildman–Crippen MR) is 75.4 cm³/mol. The van der Waals surface area contributed by atoms with Gasteiger partial charge in [-0.15, -0.1) is 0 Å². The molecule has 0 bridgehead atoms. The molecule has 2 heterocycles. The van der Waals surface area contributed by atoms with E-state index in [4.69, 9.17) is 4.74 Å². The Morgan fingerprint density at radius 3 is 2.85 bits per heavy atom. The minimum atomic E-state index is -2.85. The number of aromatic nitrogens is 1. The van der Waals surface area contributed by atoms with Gasteiger partial charge in [0.1, 0.15) is 5.82 Å². The highest BCUT2D eigenvalue weighted by molar-refractivity contribution is 7.91. The molecule has 0 saturated carbocycles. The number of rotatable bonds is 5. The molecule has 0 amide bonds. The normalized spacial score (nSPS) is 20.6. The second-order valence-electron chi connectivity index (χ2n) is 4.80. The minimum absolute atomic E-state index is 0.131. The van der Waals surface area contributed by atoms with Gasteiger partial charge in [-0.1, -0.05) is 0 Å². The Morgan fingerprint density at radius 2 is 2.30 bits per heavy atom. The van der Waals surface area contributed by atoms with Gasteiger partial charge in [0.25, 0.3) is 0 Å². The van der Waals surface area contributed by atoms with Crippen molar-refractivity contribution in [2.75, 3.05) is 30.0 Å². The Hall–Kier alpha value is -1.63. The molecular weight excluding hydrogens is 280 g/mol. The number of nitrogens with one attached hydrogen (secondary N) is 1. The van der Waals surface area contributed by atoms with Crippen molar-refractivity contribution in [3.63, 3.8) is 0 Å². The summed E-state index contributed by atoms with van der Waals surface area (Å²) in [6, 6.07) is 3.33. The number of carbonyl (C=O) groups is 1. The molecule has 0 aromatic carbocycles. The first-order chi connectivity index (χ1) is 9.50. The maximum atomic E-state index is 11.4. The molecule has 7 heteroatoms. The average molecular weight is 298 g/mol. The Labute approximate surface area is 118 Å². The van der Waals surface area contributed by atoms with E-state index in [1.807, 2.05) is 0 Å². The first kappa shape index (κ1) is 14.8. The Morgan fingerprint density at radius 1 is 1.50 bits per heavy atom. The molecule has 110 valence electrons. The third kappa shape index (κ3) is 3.93. The van der Waals surface area contributed by atoms with E-state index in [-0.39, 0.29) is 17.4 Å². The van der Waals surface area contributed by atoms with Crippen LogP contribution in [-0.2, 0) is 14.6 Å². The highest BCUT2D eigenvalue weighted by Gasteiger charge is 2.27. The van der Waals surface area contributed by atoms with Crippen molar-refractivity contribution in [2.45, 2.75) is 13.3 Å². The lowest BCUT2D eigenvalue weighted by atomic mass is 10.1. The number of hydrogen-bond acceptors (Lipinski definition) is 6. The molecule has 0 spiro atoms. The zero-order chi connectivity index (χ0) is 14.6. The van der Waals surface area contributed by atoms with Crippen molar-refractivity contribution in [2.24, 2.45) is 5.92 Å². The van der Waals surface area contributed by atoms with Crippen LogP contribution in [0.5, 0.6) is 0 Å². The van der Waals surface area contributed by atoms with Crippen LogP contribution < -0.4 is 5.32 Å². The number of nitrogens with zero attached hydrogens (tertiary/aromatic N) is 1. The van der Waals surface area contributed by atoms with Crippen molar-refractivity contribution in [3.8, 4) is 0 Å². The van der Waals surface area contributed by atoms with Gasteiger partial charge in [0.15, 0.2) is 9.84 Å². The molecule has 1 N–H and O–H groups in total. The van der Waals surface area contributed by atoms with Crippen molar-refractivity contribution in [3.05, 3.63) is 23.9 Å². The maximum Gasteiger partial charge on any atom is 0.339 e. The largest absolute Gasteiger partial charge is 0.462 e. The van der Waals surface area contributed by atoms with E-state index in [9.17, 15) is 13.2 Å². The second kappa shape index (κ2) is 6.21. The molecule has 0 aliphatic carbocycles. The van der Waals surface area contributed by atoms with Crippen LogP contribution in [0.4, 0.5) is 5.82 Å². The molecule has 1 aliphatic heterocycles. The summed E-state index contributed by atoms with van der Waals surface area (Å²) in [7, 11) is -2.85. The van der Waals surface area contributed by atoms with E-state index in [2.05, 4.69) is 10.3 Å². The molecule has 6 nitrogen and oxygen atoms in total. The number of ether oxygens (including phenoxy) is 1. The lowest BCUT2D eigenvalue weighted by molar-refractivity contribution is 0.0526. The van der Waals surface area contributed by atoms with Crippen LogP contribution in [0.15, 0.2) is 18.3 Å². The van der Waals surface area contributed by atoms with Gasteiger partial charge in [-0.3, -0.25) is 0 Å². The standard InChI is InChI=1S/C13H18N2O4S/c1-2-19-13(16)11-3-4-12(15-8-11)14-7-10-5-6-20(17,18)9-10/h3-4,8,10H,2,5-7,9H2,1H3,(H,14,15). The van der Waals surface area contributed by atoms with E-state index < -0.39 is 15.8 Å². The van der Waals surface area contributed by atoms with Crippen LogP contribution in [-0.4, -0.2) is 44.0 Å². The second-order valence-corrected chi connectivity index (χ2v) is 7.03. The highest BCUT2D eigenvalue weighted by atomic mass is 32.2. The molecule has 1 fully saturated rings. The Bertz CT molecular complexity index is 569. The fraction of sp³-hybridized carbons (Fsp3) is 0.538. The molecule has 1 atom stereocenters. The topological polar surface area (TPSA) is 85.4 Å². The summed E-state index contributed by atoms with van der Waals surface area (Å²) in [5.74, 6) is 0.873. The van der Waals surface area contributed by atoms with Gasteiger partial charge in [0.05, 0.1) is 23.7 Å². The lowest BCUT2D eigenvalue weighted by Crippen LogP contribution is -2.16. The first-order valence-corrected chi connectivity index (χ1v) is 8.40. The molecule has 1 saturated heterocycles. The summed E-state index contributed by atoms with van der Waals surface area (Å²) < 4.78 is 27.5. The van der Waals surface area contributed by atoms with E-state index in [0.717, 1.165) is 0 Å². The van der Waals surface area contributed by atoms with Crippen LogP contribution >= 0.6 is 0 Å². The predicted octanol–water partition coefficient (Wildman–Crippen LogP) is 1.10. The fourth-order valence-corrected chi connectivity index (χ4v) is 3.98. The summed E-state index contributed by atoms with van der Waals surface area (Å²) in [4.78, 5) is 15.6. The van der Waals surface area contributed by atoms with Gasteiger partial charge in [0, 0.05) is 12.7 Å². The molecule has 2 rings (SSSR count). The SMILES string of the molecule is CCOC(=O)c1ccc(NCC2CCS(=O)(=O)C2)nc1. The van der Waals surface area contributed by atoms with Crippen molar-refractivity contribution >= 4 is 21.6 Å². The van der Waals surface area contributed by atoms with E-state index in [1.165, 1.54) is 6.20 Å². The molecule has 1 aliphatic rings. The molecule has 1 aromatic rings. The molecule has 1 unspecified atom stereocenters. The van der Waals surface area contributed by atoms with Crippen LogP contribution in [0.25, 0.3) is 0 Å². The molecule has 1 aromatic heterocycles. The van der Waals surface area contributed by atoms with E-state index in [0.29, 0.717) is 31.0 Å². The first-order valence-electron chi connectivity index (χ1n) is 6.57. The lowest BCUT2D eigenvalue weighted by Gasteiger charge is -2.10. The number of anilines is 1. The summed E-state index contributed by atoms with van der Waals surface area (Å²) in [5, 5.41) is 3.09. The number of pyridine rings is 1. The van der Waals surface area contributed by atoms with Crippen LogP contribution in [0, 0.1) is 5.92 Å². The zero-order valence-electron chi connectivity index (χ0n) is 11.3. The molecule has 0 radical (unpaired) electrons. The van der Waals surface area contributed by atoms with Gasteiger partial charge < -0.3 is 10.1 Å². The Balaban J connectivity index is 1.87. The maximum absolute atomic E-state index is 11.4. The average Bonchev–Trinajstić information content (AvgIpc) is 2.77.